The molecule has 0 atom stereocenters. The second-order valence-corrected chi connectivity index (χ2v) is 7.70. The van der Waals surface area contributed by atoms with Gasteiger partial charge in [0.15, 0.2) is 23.2 Å². The quantitative estimate of drug-likeness (QED) is 0.509. The zero-order valence-corrected chi connectivity index (χ0v) is 17.4. The van der Waals surface area contributed by atoms with Crippen LogP contribution in [-0.2, 0) is 11.2 Å². The Labute approximate surface area is 177 Å². The number of rotatable bonds is 8. The topological polar surface area (TPSA) is 60.5 Å². The lowest BCUT2D eigenvalue weighted by molar-refractivity contribution is -0.118. The predicted octanol–water partition coefficient (Wildman–Crippen LogP) is 5.46. The molecule has 1 amide bonds. The van der Waals surface area contributed by atoms with Gasteiger partial charge in [0.05, 0.1) is 16.7 Å². The number of hydrogen-bond acceptors (Lipinski definition) is 5. The summed E-state index contributed by atoms with van der Waals surface area (Å²) in [6.45, 7) is 2.28. The number of carbonyl (C=O) groups excluding carboxylic acids is 1. The smallest absolute Gasteiger partial charge is 0.264 e. The van der Waals surface area contributed by atoms with Crippen LogP contribution >= 0.6 is 34.5 Å². The maximum atomic E-state index is 12.2. The van der Waals surface area contributed by atoms with Gasteiger partial charge in [-0.05, 0) is 36.8 Å². The Morgan fingerprint density at radius 2 is 1.86 bits per heavy atom. The minimum Gasteiger partial charge on any atom is -0.490 e. The number of nitrogens with one attached hydrogen (secondary N) is 1. The van der Waals surface area contributed by atoms with Crippen molar-refractivity contribution in [3.05, 3.63) is 69.1 Å². The first-order valence-corrected chi connectivity index (χ1v) is 10.2. The molecule has 1 N–H and O–H groups in total. The molecule has 0 fully saturated rings. The van der Waals surface area contributed by atoms with Crippen LogP contribution in [0.4, 0.5) is 5.13 Å². The van der Waals surface area contributed by atoms with E-state index < -0.39 is 0 Å². The van der Waals surface area contributed by atoms with E-state index in [4.69, 9.17) is 32.7 Å². The molecule has 2 aromatic carbocycles. The van der Waals surface area contributed by atoms with Crippen LogP contribution in [0.5, 0.6) is 11.5 Å². The Hall–Kier alpha value is -2.28. The number of ether oxygens (including phenoxy) is 2. The van der Waals surface area contributed by atoms with E-state index in [1.807, 2.05) is 31.2 Å². The normalized spacial score (nSPS) is 10.5. The van der Waals surface area contributed by atoms with E-state index in [-0.39, 0.29) is 12.5 Å². The van der Waals surface area contributed by atoms with E-state index >= 15 is 0 Å². The highest BCUT2D eigenvalue weighted by Gasteiger charge is 2.11. The number of amides is 1. The molecule has 0 aliphatic rings. The molecule has 5 nitrogen and oxygen atoms in total. The Morgan fingerprint density at radius 1 is 1.11 bits per heavy atom. The Balaban J connectivity index is 1.54. The van der Waals surface area contributed by atoms with Crippen LogP contribution < -0.4 is 14.8 Å². The summed E-state index contributed by atoms with van der Waals surface area (Å²) in [5, 5.41) is 4.30. The summed E-state index contributed by atoms with van der Waals surface area (Å²) < 4.78 is 11.0. The lowest BCUT2D eigenvalue weighted by atomic mass is 10.1. The number of hydrogen-bond donors (Lipinski definition) is 1. The summed E-state index contributed by atoms with van der Waals surface area (Å²) >= 11 is 13.4. The Morgan fingerprint density at radius 3 is 2.57 bits per heavy atom. The number of carbonyl (C=O) groups is 1. The highest BCUT2D eigenvalue weighted by atomic mass is 35.5. The molecule has 3 aromatic rings. The van der Waals surface area contributed by atoms with Gasteiger partial charge >= 0.3 is 0 Å². The Bertz CT molecular complexity index is 962. The third-order valence-corrected chi connectivity index (χ3v) is 5.32. The number of anilines is 1. The van der Waals surface area contributed by atoms with Gasteiger partial charge in [0.2, 0.25) is 0 Å². The van der Waals surface area contributed by atoms with Gasteiger partial charge in [-0.3, -0.25) is 10.1 Å². The molecule has 1 heterocycles. The highest BCUT2D eigenvalue weighted by Crippen LogP contribution is 2.27. The zero-order chi connectivity index (χ0) is 19.9. The van der Waals surface area contributed by atoms with Crippen molar-refractivity contribution in [1.29, 1.82) is 0 Å². The number of benzene rings is 2. The van der Waals surface area contributed by atoms with Crippen LogP contribution in [0.25, 0.3) is 0 Å². The molecule has 8 heteroatoms. The summed E-state index contributed by atoms with van der Waals surface area (Å²) in [7, 11) is 0. The van der Waals surface area contributed by atoms with Gasteiger partial charge in [-0.1, -0.05) is 41.4 Å². The number of halogens is 2. The van der Waals surface area contributed by atoms with Crippen molar-refractivity contribution in [2.24, 2.45) is 0 Å². The summed E-state index contributed by atoms with van der Waals surface area (Å²) in [4.78, 5) is 17.4. The fourth-order valence-corrected chi connectivity index (χ4v) is 3.62. The van der Waals surface area contributed by atoms with Crippen molar-refractivity contribution in [2.75, 3.05) is 18.5 Å². The van der Waals surface area contributed by atoms with Crippen LogP contribution in [0.3, 0.4) is 0 Å². The minimum absolute atomic E-state index is 0.133. The van der Waals surface area contributed by atoms with Gasteiger partial charge in [-0.15, -0.1) is 11.3 Å². The third kappa shape index (κ3) is 5.61. The van der Waals surface area contributed by atoms with E-state index in [0.717, 1.165) is 10.4 Å². The molecular weight excluding hydrogens is 419 g/mol. The fourth-order valence-electron chi connectivity index (χ4n) is 2.44. The molecule has 3 rings (SSSR count). The van der Waals surface area contributed by atoms with Gasteiger partial charge in [-0.25, -0.2) is 4.98 Å². The number of aromatic nitrogens is 1. The largest absolute Gasteiger partial charge is 0.490 e. The summed E-state index contributed by atoms with van der Waals surface area (Å²) in [6.07, 6.45) is 2.39. The van der Waals surface area contributed by atoms with Crippen LogP contribution in [0.15, 0.2) is 48.7 Å². The number of nitrogens with zero attached hydrogens (tertiary/aromatic N) is 1. The standard InChI is InChI=1S/C20H18Cl2N2O3S/c1-2-26-17-5-3-4-6-18(17)27-12-19(25)24-20-23-11-14(28-20)9-13-7-8-15(21)16(22)10-13/h3-8,10-11H,2,9,12H2,1H3,(H,23,24,25). The molecule has 146 valence electrons. The van der Waals surface area contributed by atoms with Gasteiger partial charge in [0.25, 0.3) is 5.91 Å². The number of para-hydroxylation sites is 2. The fraction of sp³-hybridized carbons (Fsp3) is 0.200. The minimum atomic E-state index is -0.290. The average molecular weight is 437 g/mol. The first-order valence-electron chi connectivity index (χ1n) is 8.58. The van der Waals surface area contributed by atoms with E-state index in [2.05, 4.69) is 10.3 Å². The molecule has 28 heavy (non-hydrogen) atoms. The molecule has 0 spiro atoms. The maximum absolute atomic E-state index is 12.2. The Kier molecular flexibility index (Phi) is 7.14. The molecule has 0 aliphatic carbocycles. The van der Waals surface area contributed by atoms with Crippen molar-refractivity contribution in [1.82, 2.24) is 4.98 Å². The second-order valence-electron chi connectivity index (χ2n) is 5.77. The zero-order valence-electron chi connectivity index (χ0n) is 15.1. The third-order valence-electron chi connectivity index (χ3n) is 3.67. The van der Waals surface area contributed by atoms with Gasteiger partial charge in [0, 0.05) is 17.5 Å². The monoisotopic (exact) mass is 436 g/mol. The molecule has 0 saturated carbocycles. The summed E-state index contributed by atoms with van der Waals surface area (Å²) in [6, 6.07) is 12.7. The second kappa shape index (κ2) is 9.78. The highest BCUT2D eigenvalue weighted by molar-refractivity contribution is 7.15. The lowest BCUT2D eigenvalue weighted by Crippen LogP contribution is -2.20. The van der Waals surface area contributed by atoms with Gasteiger partial charge in [0.1, 0.15) is 0 Å². The van der Waals surface area contributed by atoms with Crippen LogP contribution in [-0.4, -0.2) is 24.1 Å². The molecule has 1 aromatic heterocycles. The molecular formula is C20H18Cl2N2O3S. The number of thiazole rings is 1. The van der Waals surface area contributed by atoms with E-state index in [1.54, 1.807) is 24.4 Å². The molecule has 0 radical (unpaired) electrons. The van der Waals surface area contributed by atoms with E-state index in [1.165, 1.54) is 11.3 Å². The van der Waals surface area contributed by atoms with Crippen molar-refractivity contribution in [2.45, 2.75) is 13.3 Å². The summed E-state index contributed by atoms with van der Waals surface area (Å²) in [5.41, 5.74) is 1.02. The van der Waals surface area contributed by atoms with Crippen molar-refractivity contribution in [3.63, 3.8) is 0 Å². The van der Waals surface area contributed by atoms with Gasteiger partial charge < -0.3 is 9.47 Å². The van der Waals surface area contributed by atoms with Crippen molar-refractivity contribution >= 4 is 45.6 Å². The summed E-state index contributed by atoms with van der Waals surface area (Å²) in [5.74, 6) is 0.844. The van der Waals surface area contributed by atoms with Crippen LogP contribution in [0.1, 0.15) is 17.4 Å². The first kappa shape index (κ1) is 20.5. The lowest BCUT2D eigenvalue weighted by Gasteiger charge is -2.10. The maximum Gasteiger partial charge on any atom is 0.264 e. The van der Waals surface area contributed by atoms with Crippen molar-refractivity contribution in [3.8, 4) is 11.5 Å². The molecule has 0 aliphatic heterocycles. The van der Waals surface area contributed by atoms with Crippen molar-refractivity contribution < 1.29 is 14.3 Å². The first-order chi connectivity index (χ1) is 13.5. The van der Waals surface area contributed by atoms with E-state index in [0.29, 0.717) is 39.7 Å². The average Bonchev–Trinajstić information content (AvgIpc) is 3.11. The predicted molar refractivity (Wildman–Crippen MR) is 113 cm³/mol. The molecule has 0 saturated heterocycles. The molecule has 0 bridgehead atoms. The molecule has 0 unspecified atom stereocenters. The van der Waals surface area contributed by atoms with E-state index in [9.17, 15) is 4.79 Å². The SMILES string of the molecule is CCOc1ccccc1OCC(=O)Nc1ncc(Cc2ccc(Cl)c(Cl)c2)s1. The van der Waals surface area contributed by atoms with Crippen LogP contribution in [0, 0.1) is 0 Å². The van der Waals surface area contributed by atoms with Gasteiger partial charge in [-0.2, -0.15) is 0 Å². The van der Waals surface area contributed by atoms with Crippen LogP contribution in [0.2, 0.25) is 10.0 Å².